The number of carbonyl (C=O) groups excluding carboxylic acids is 1. The van der Waals surface area contributed by atoms with E-state index in [2.05, 4.69) is 0 Å². The zero-order valence-electron chi connectivity index (χ0n) is 11.3. The molecular formula is C13H20N2O3. The molecule has 1 unspecified atom stereocenters. The van der Waals surface area contributed by atoms with Crippen molar-refractivity contribution in [2.75, 3.05) is 34.8 Å². The number of ether oxygens (including phenoxy) is 1. The summed E-state index contributed by atoms with van der Waals surface area (Å²) in [4.78, 5) is 14.6. The van der Waals surface area contributed by atoms with Crippen molar-refractivity contribution in [1.82, 2.24) is 9.80 Å². The molecule has 1 atom stereocenters. The lowest BCUT2D eigenvalue weighted by atomic mass is 10.1. The van der Waals surface area contributed by atoms with Crippen LogP contribution in [-0.2, 0) is 0 Å². The molecule has 0 bridgehead atoms. The van der Waals surface area contributed by atoms with Crippen LogP contribution in [0.25, 0.3) is 0 Å². The van der Waals surface area contributed by atoms with Gasteiger partial charge in [-0.05, 0) is 17.7 Å². The van der Waals surface area contributed by atoms with E-state index < -0.39 is 6.10 Å². The number of rotatable bonds is 4. The Hall–Kier alpha value is -1.75. The van der Waals surface area contributed by atoms with E-state index in [1.807, 2.05) is 0 Å². The maximum Gasteiger partial charge on any atom is 0.319 e. The number of likely N-dealkylation sites (N-methyl/N-ethyl adjacent to an activating group) is 1. The van der Waals surface area contributed by atoms with E-state index in [1.54, 1.807) is 52.5 Å². The number of aliphatic hydroxyl groups excluding tert-OH is 1. The summed E-state index contributed by atoms with van der Waals surface area (Å²) in [5.74, 6) is 0.740. The van der Waals surface area contributed by atoms with Crippen molar-refractivity contribution >= 4 is 6.03 Å². The summed E-state index contributed by atoms with van der Waals surface area (Å²) in [6.45, 7) is 0.253. The van der Waals surface area contributed by atoms with Gasteiger partial charge >= 0.3 is 6.03 Å². The van der Waals surface area contributed by atoms with E-state index in [0.29, 0.717) is 0 Å². The van der Waals surface area contributed by atoms with Crippen molar-refractivity contribution in [2.45, 2.75) is 6.10 Å². The summed E-state index contributed by atoms with van der Waals surface area (Å²) in [6.07, 6.45) is -0.704. The maximum absolute atomic E-state index is 11.6. The second kappa shape index (κ2) is 6.26. The van der Waals surface area contributed by atoms with Crippen molar-refractivity contribution in [2.24, 2.45) is 0 Å². The van der Waals surface area contributed by atoms with Gasteiger partial charge < -0.3 is 19.6 Å². The summed E-state index contributed by atoms with van der Waals surface area (Å²) in [7, 11) is 6.61. The first-order valence-corrected chi connectivity index (χ1v) is 5.70. The van der Waals surface area contributed by atoms with Crippen molar-refractivity contribution in [3.63, 3.8) is 0 Å². The van der Waals surface area contributed by atoms with Crippen LogP contribution in [0.2, 0.25) is 0 Å². The van der Waals surface area contributed by atoms with Crippen molar-refractivity contribution in [1.29, 1.82) is 0 Å². The summed E-state index contributed by atoms with van der Waals surface area (Å²) in [6, 6.07) is 7.01. The molecule has 100 valence electrons. The van der Waals surface area contributed by atoms with Crippen molar-refractivity contribution in [3.8, 4) is 5.75 Å². The average molecular weight is 252 g/mol. The lowest BCUT2D eigenvalue weighted by Gasteiger charge is -2.24. The van der Waals surface area contributed by atoms with Gasteiger partial charge in [0.1, 0.15) is 5.75 Å². The van der Waals surface area contributed by atoms with Gasteiger partial charge in [0, 0.05) is 21.1 Å². The van der Waals surface area contributed by atoms with Gasteiger partial charge in [0.05, 0.1) is 19.8 Å². The highest BCUT2D eigenvalue weighted by molar-refractivity contribution is 5.73. The quantitative estimate of drug-likeness (QED) is 0.880. The number of aliphatic hydroxyl groups is 1. The Morgan fingerprint density at radius 3 is 2.28 bits per heavy atom. The molecule has 1 N–H and O–H groups in total. The molecule has 0 saturated carbocycles. The highest BCUT2D eigenvalue weighted by atomic mass is 16.5. The standard InChI is InChI=1S/C13H20N2O3/c1-14(2)13(17)15(3)9-12(16)10-5-7-11(18-4)8-6-10/h5-8,12,16H,9H2,1-4H3. The number of methoxy groups -OCH3 is 1. The molecule has 2 amide bonds. The van der Waals surface area contributed by atoms with Gasteiger partial charge in [-0.1, -0.05) is 12.1 Å². The topological polar surface area (TPSA) is 53.0 Å². The van der Waals surface area contributed by atoms with Crippen LogP contribution in [0.1, 0.15) is 11.7 Å². The largest absolute Gasteiger partial charge is 0.497 e. The van der Waals surface area contributed by atoms with E-state index >= 15 is 0 Å². The average Bonchev–Trinajstić information content (AvgIpc) is 2.37. The normalized spacial score (nSPS) is 11.8. The predicted octanol–water partition coefficient (Wildman–Crippen LogP) is 1.34. The zero-order valence-corrected chi connectivity index (χ0v) is 11.3. The molecule has 0 aliphatic carbocycles. The minimum absolute atomic E-state index is 0.137. The summed E-state index contributed by atoms with van der Waals surface area (Å²) < 4.78 is 5.05. The van der Waals surface area contributed by atoms with Gasteiger partial charge in [0.15, 0.2) is 0 Å². The zero-order chi connectivity index (χ0) is 13.7. The molecule has 0 heterocycles. The highest BCUT2D eigenvalue weighted by Crippen LogP contribution is 2.18. The number of amides is 2. The lowest BCUT2D eigenvalue weighted by molar-refractivity contribution is 0.121. The number of benzene rings is 1. The molecule has 5 nitrogen and oxygen atoms in total. The summed E-state index contributed by atoms with van der Waals surface area (Å²) >= 11 is 0. The SMILES string of the molecule is COc1ccc(C(O)CN(C)C(=O)N(C)C)cc1. The molecule has 0 saturated heterocycles. The molecule has 0 fully saturated rings. The van der Waals surface area contributed by atoms with Crippen LogP contribution in [0.4, 0.5) is 4.79 Å². The van der Waals surface area contributed by atoms with Crippen LogP contribution >= 0.6 is 0 Å². The monoisotopic (exact) mass is 252 g/mol. The van der Waals surface area contributed by atoms with Crippen LogP contribution in [0.3, 0.4) is 0 Å². The van der Waals surface area contributed by atoms with E-state index in [0.717, 1.165) is 11.3 Å². The van der Waals surface area contributed by atoms with E-state index in [-0.39, 0.29) is 12.6 Å². The molecule has 18 heavy (non-hydrogen) atoms. The number of urea groups is 1. The van der Waals surface area contributed by atoms with Crippen molar-refractivity contribution < 1.29 is 14.6 Å². The van der Waals surface area contributed by atoms with Crippen LogP contribution in [0.15, 0.2) is 24.3 Å². The van der Waals surface area contributed by atoms with Gasteiger partial charge in [0.25, 0.3) is 0 Å². The Bertz CT molecular complexity index is 390. The molecule has 0 aliphatic rings. The predicted molar refractivity (Wildman–Crippen MR) is 69.7 cm³/mol. The molecule has 1 aromatic carbocycles. The summed E-state index contributed by atoms with van der Waals surface area (Å²) in [5.41, 5.74) is 0.759. The van der Waals surface area contributed by atoms with Crippen LogP contribution in [-0.4, -0.2) is 55.7 Å². The van der Waals surface area contributed by atoms with Gasteiger partial charge in [0.2, 0.25) is 0 Å². The molecule has 0 aliphatic heterocycles. The van der Waals surface area contributed by atoms with Gasteiger partial charge in [-0.2, -0.15) is 0 Å². The fourth-order valence-electron chi connectivity index (χ4n) is 1.61. The molecule has 0 radical (unpaired) electrons. The third-order valence-corrected chi connectivity index (χ3v) is 2.66. The first-order chi connectivity index (χ1) is 8.45. The molecule has 0 spiro atoms. The number of carbonyl (C=O) groups is 1. The third-order valence-electron chi connectivity index (χ3n) is 2.66. The first kappa shape index (κ1) is 14.3. The first-order valence-electron chi connectivity index (χ1n) is 5.70. The smallest absolute Gasteiger partial charge is 0.319 e. The highest BCUT2D eigenvalue weighted by Gasteiger charge is 2.16. The van der Waals surface area contributed by atoms with Crippen LogP contribution < -0.4 is 4.74 Å². The molecular weight excluding hydrogens is 232 g/mol. The molecule has 1 rings (SSSR count). The van der Waals surface area contributed by atoms with Gasteiger partial charge in [-0.25, -0.2) is 4.79 Å². The second-order valence-corrected chi connectivity index (χ2v) is 4.35. The van der Waals surface area contributed by atoms with Gasteiger partial charge in [-0.15, -0.1) is 0 Å². The third kappa shape index (κ3) is 3.63. The van der Waals surface area contributed by atoms with E-state index in [4.69, 9.17) is 4.74 Å². The molecule has 1 aromatic rings. The Labute approximate surface area is 108 Å². The van der Waals surface area contributed by atoms with Crippen molar-refractivity contribution in [3.05, 3.63) is 29.8 Å². The Morgan fingerprint density at radius 2 is 1.83 bits per heavy atom. The fraction of sp³-hybridized carbons (Fsp3) is 0.462. The number of nitrogens with zero attached hydrogens (tertiary/aromatic N) is 2. The number of hydrogen-bond donors (Lipinski definition) is 1. The van der Waals surface area contributed by atoms with E-state index in [9.17, 15) is 9.90 Å². The minimum Gasteiger partial charge on any atom is -0.497 e. The Balaban J connectivity index is 2.64. The second-order valence-electron chi connectivity index (χ2n) is 4.35. The molecule has 0 aromatic heterocycles. The number of hydrogen-bond acceptors (Lipinski definition) is 3. The summed E-state index contributed by atoms with van der Waals surface area (Å²) in [5, 5.41) is 10.0. The Morgan fingerprint density at radius 1 is 1.28 bits per heavy atom. The maximum atomic E-state index is 11.6. The fourth-order valence-corrected chi connectivity index (χ4v) is 1.61. The van der Waals surface area contributed by atoms with Gasteiger partial charge in [-0.3, -0.25) is 0 Å². The van der Waals surface area contributed by atoms with Crippen LogP contribution in [0.5, 0.6) is 5.75 Å². The van der Waals surface area contributed by atoms with Crippen LogP contribution in [0, 0.1) is 0 Å². The Kier molecular flexibility index (Phi) is 4.97. The minimum atomic E-state index is -0.704. The van der Waals surface area contributed by atoms with E-state index in [1.165, 1.54) is 9.80 Å². The lowest BCUT2D eigenvalue weighted by Crippen LogP contribution is -2.38. The molecule has 5 heteroatoms.